The van der Waals surface area contributed by atoms with E-state index in [0.29, 0.717) is 51.3 Å². The molecule has 4 rings (SSSR count). The van der Waals surface area contributed by atoms with E-state index >= 15 is 0 Å². The Kier molecular flexibility index (Phi) is 6.94. The van der Waals surface area contributed by atoms with E-state index in [1.54, 1.807) is 73.7 Å². The molecule has 2 N–H and O–H groups in total. The van der Waals surface area contributed by atoms with Crippen molar-refractivity contribution in [2.24, 2.45) is 0 Å². The highest BCUT2D eigenvalue weighted by Gasteiger charge is 2.24. The number of aromatic nitrogens is 1. The number of nitrogens with zero attached hydrogens (tertiary/aromatic N) is 1. The molecule has 1 heterocycles. The highest BCUT2D eigenvalue weighted by Crippen LogP contribution is 2.33. The third-order valence-electron chi connectivity index (χ3n) is 5.05. The lowest BCUT2D eigenvalue weighted by Crippen LogP contribution is -2.17. The van der Waals surface area contributed by atoms with Crippen LogP contribution in [0.15, 0.2) is 77.3 Å². The maximum atomic E-state index is 13.4. The SMILES string of the molecule is CCOc1ccc(NC(=O)c2ccccc2)c(NC(=O)c2c(-c3ccccc3Cl)noc2C)c1. The van der Waals surface area contributed by atoms with Crippen LogP contribution in [0.25, 0.3) is 11.3 Å². The van der Waals surface area contributed by atoms with Gasteiger partial charge >= 0.3 is 0 Å². The lowest BCUT2D eigenvalue weighted by molar-refractivity contribution is 0.101. The van der Waals surface area contributed by atoms with Crippen LogP contribution in [0.3, 0.4) is 0 Å². The van der Waals surface area contributed by atoms with Gasteiger partial charge in [-0.05, 0) is 44.2 Å². The van der Waals surface area contributed by atoms with Gasteiger partial charge < -0.3 is 19.9 Å². The zero-order valence-corrected chi connectivity index (χ0v) is 19.3. The molecule has 0 saturated carbocycles. The highest BCUT2D eigenvalue weighted by molar-refractivity contribution is 6.33. The Balaban J connectivity index is 1.68. The Morgan fingerprint density at radius 2 is 1.65 bits per heavy atom. The van der Waals surface area contributed by atoms with Crippen LogP contribution in [0.1, 0.15) is 33.4 Å². The van der Waals surface area contributed by atoms with Gasteiger partial charge in [0, 0.05) is 17.2 Å². The van der Waals surface area contributed by atoms with Crippen LogP contribution in [0.4, 0.5) is 11.4 Å². The summed E-state index contributed by atoms with van der Waals surface area (Å²) in [7, 11) is 0. The summed E-state index contributed by atoms with van der Waals surface area (Å²) in [6.45, 7) is 3.96. The Hall–Kier alpha value is -4.10. The van der Waals surface area contributed by atoms with Gasteiger partial charge in [-0.1, -0.05) is 53.2 Å². The van der Waals surface area contributed by atoms with Crippen molar-refractivity contribution in [2.45, 2.75) is 13.8 Å². The molecule has 172 valence electrons. The molecule has 0 bridgehead atoms. The number of amides is 2. The minimum atomic E-state index is -0.461. The first-order valence-corrected chi connectivity index (χ1v) is 11.0. The van der Waals surface area contributed by atoms with E-state index < -0.39 is 5.91 Å². The van der Waals surface area contributed by atoms with Gasteiger partial charge in [0.25, 0.3) is 11.8 Å². The van der Waals surface area contributed by atoms with E-state index in [-0.39, 0.29) is 11.5 Å². The summed E-state index contributed by atoms with van der Waals surface area (Å²) in [4.78, 5) is 26.1. The van der Waals surface area contributed by atoms with Gasteiger partial charge in [-0.25, -0.2) is 0 Å². The third-order valence-corrected chi connectivity index (χ3v) is 5.38. The van der Waals surface area contributed by atoms with Crippen LogP contribution >= 0.6 is 11.6 Å². The number of hydrogen-bond acceptors (Lipinski definition) is 5. The van der Waals surface area contributed by atoms with E-state index in [1.165, 1.54) is 0 Å². The number of anilines is 2. The molecule has 0 fully saturated rings. The minimum absolute atomic E-state index is 0.246. The number of ether oxygens (including phenoxy) is 1. The fraction of sp³-hybridized carbons (Fsp3) is 0.115. The molecule has 0 unspecified atom stereocenters. The topological polar surface area (TPSA) is 93.5 Å². The van der Waals surface area contributed by atoms with Gasteiger partial charge in [0.2, 0.25) is 0 Å². The van der Waals surface area contributed by atoms with Crippen molar-refractivity contribution in [3.63, 3.8) is 0 Å². The second-order valence-electron chi connectivity index (χ2n) is 7.36. The van der Waals surface area contributed by atoms with Crippen molar-refractivity contribution in [3.05, 3.63) is 94.7 Å². The third kappa shape index (κ3) is 4.94. The van der Waals surface area contributed by atoms with Crippen molar-refractivity contribution in [1.29, 1.82) is 0 Å². The maximum Gasteiger partial charge on any atom is 0.261 e. The quantitative estimate of drug-likeness (QED) is 0.331. The van der Waals surface area contributed by atoms with Gasteiger partial charge in [0.15, 0.2) is 0 Å². The summed E-state index contributed by atoms with van der Waals surface area (Å²) in [5.74, 6) is 0.114. The Morgan fingerprint density at radius 3 is 2.38 bits per heavy atom. The molecule has 0 saturated heterocycles. The Bertz CT molecular complexity index is 1340. The molecule has 34 heavy (non-hydrogen) atoms. The smallest absolute Gasteiger partial charge is 0.261 e. The number of benzene rings is 3. The summed E-state index contributed by atoms with van der Waals surface area (Å²) in [5.41, 5.74) is 2.42. The van der Waals surface area contributed by atoms with Gasteiger partial charge in [0.05, 0.1) is 23.0 Å². The second kappa shape index (κ2) is 10.2. The second-order valence-corrected chi connectivity index (χ2v) is 7.76. The molecule has 8 heteroatoms. The molecule has 3 aromatic carbocycles. The highest BCUT2D eigenvalue weighted by atomic mass is 35.5. The molecule has 0 atom stereocenters. The fourth-order valence-corrected chi connectivity index (χ4v) is 3.66. The van der Waals surface area contributed by atoms with E-state index in [4.69, 9.17) is 20.9 Å². The molecular weight excluding hydrogens is 454 g/mol. The van der Waals surface area contributed by atoms with E-state index in [9.17, 15) is 9.59 Å². The number of carbonyl (C=O) groups is 2. The van der Waals surface area contributed by atoms with Crippen LogP contribution in [-0.4, -0.2) is 23.6 Å². The van der Waals surface area contributed by atoms with E-state index in [2.05, 4.69) is 15.8 Å². The first kappa shape index (κ1) is 23.1. The molecule has 1 aromatic heterocycles. The molecule has 0 aliphatic carbocycles. The average molecular weight is 476 g/mol. The van der Waals surface area contributed by atoms with Crippen molar-refractivity contribution in [1.82, 2.24) is 5.16 Å². The van der Waals surface area contributed by atoms with Crippen LogP contribution in [0, 0.1) is 6.92 Å². The summed E-state index contributed by atoms with van der Waals surface area (Å²) in [6.07, 6.45) is 0. The first-order valence-electron chi connectivity index (χ1n) is 10.6. The molecule has 7 nitrogen and oxygen atoms in total. The predicted octanol–water partition coefficient (Wildman–Crippen LogP) is 6.21. The lowest BCUT2D eigenvalue weighted by Gasteiger charge is -2.15. The van der Waals surface area contributed by atoms with Crippen LogP contribution in [0.2, 0.25) is 5.02 Å². The molecular formula is C26H22ClN3O4. The maximum absolute atomic E-state index is 13.4. The van der Waals surface area contributed by atoms with Crippen molar-refractivity contribution < 1.29 is 18.8 Å². The molecule has 0 radical (unpaired) electrons. The Morgan fingerprint density at radius 1 is 0.941 bits per heavy atom. The minimum Gasteiger partial charge on any atom is -0.494 e. The number of nitrogens with one attached hydrogen (secondary N) is 2. The number of halogens is 1. The van der Waals surface area contributed by atoms with Crippen molar-refractivity contribution >= 4 is 34.8 Å². The normalized spacial score (nSPS) is 10.6. The van der Waals surface area contributed by atoms with Gasteiger partial charge in [-0.15, -0.1) is 0 Å². The zero-order chi connectivity index (χ0) is 24.1. The number of carbonyl (C=O) groups excluding carboxylic acids is 2. The molecule has 0 aliphatic heterocycles. The summed E-state index contributed by atoms with van der Waals surface area (Å²) in [5, 5.41) is 10.2. The summed E-state index contributed by atoms with van der Waals surface area (Å²) in [6, 6.07) is 20.9. The van der Waals surface area contributed by atoms with Crippen LogP contribution in [-0.2, 0) is 0 Å². The average Bonchev–Trinajstić information content (AvgIpc) is 3.23. The van der Waals surface area contributed by atoms with Gasteiger partial charge in [-0.3, -0.25) is 9.59 Å². The van der Waals surface area contributed by atoms with Gasteiger partial charge in [0.1, 0.15) is 22.8 Å². The van der Waals surface area contributed by atoms with E-state index in [1.807, 2.05) is 13.0 Å². The fourth-order valence-electron chi connectivity index (χ4n) is 3.44. The number of aryl methyl sites for hydroxylation is 1. The standard InChI is InChI=1S/C26H22ClN3O4/c1-3-33-18-13-14-21(28-25(31)17-9-5-4-6-10-17)22(15-18)29-26(32)23-16(2)34-30-24(23)19-11-7-8-12-20(19)27/h4-15H,3H2,1-2H3,(H,28,31)(H,29,32). The molecule has 2 amide bonds. The Labute approximate surface area is 201 Å². The largest absolute Gasteiger partial charge is 0.494 e. The molecule has 0 spiro atoms. The predicted molar refractivity (Wildman–Crippen MR) is 132 cm³/mol. The molecule has 4 aromatic rings. The monoisotopic (exact) mass is 475 g/mol. The molecule has 0 aliphatic rings. The summed E-state index contributed by atoms with van der Waals surface area (Å²) < 4.78 is 10.9. The van der Waals surface area contributed by atoms with Crippen molar-refractivity contribution in [2.75, 3.05) is 17.2 Å². The number of hydrogen-bond donors (Lipinski definition) is 2. The zero-order valence-electron chi connectivity index (χ0n) is 18.6. The van der Waals surface area contributed by atoms with Crippen molar-refractivity contribution in [3.8, 4) is 17.0 Å². The van der Waals surface area contributed by atoms with Crippen LogP contribution < -0.4 is 15.4 Å². The van der Waals surface area contributed by atoms with Crippen LogP contribution in [0.5, 0.6) is 5.75 Å². The van der Waals surface area contributed by atoms with Gasteiger partial charge in [-0.2, -0.15) is 0 Å². The number of rotatable bonds is 7. The lowest BCUT2D eigenvalue weighted by atomic mass is 10.1. The summed E-state index contributed by atoms with van der Waals surface area (Å²) >= 11 is 6.32. The first-order chi connectivity index (χ1) is 16.5. The van der Waals surface area contributed by atoms with E-state index in [0.717, 1.165) is 0 Å².